The number of nitrogens with one attached hydrogen (secondary N) is 1. The minimum Gasteiger partial charge on any atom is -0.457 e. The maximum atomic E-state index is 13.5. The number of esters is 1. The zero-order valence-electron chi connectivity index (χ0n) is 20.6. The van der Waals surface area contributed by atoms with Gasteiger partial charge in [-0.15, -0.1) is 0 Å². The molecule has 1 aromatic heterocycles. The number of aromatic nitrogens is 1. The molecule has 1 atom stereocenters. The van der Waals surface area contributed by atoms with Crippen LogP contribution in [0.3, 0.4) is 0 Å². The molecule has 9 heteroatoms. The van der Waals surface area contributed by atoms with Gasteiger partial charge in [-0.25, -0.2) is 9.79 Å². The summed E-state index contributed by atoms with van der Waals surface area (Å²) in [7, 11) is 0. The van der Waals surface area contributed by atoms with Crippen molar-refractivity contribution >= 4 is 40.4 Å². The molecule has 2 aliphatic heterocycles. The van der Waals surface area contributed by atoms with E-state index in [2.05, 4.69) is 10.3 Å². The third-order valence-electron chi connectivity index (χ3n) is 6.15. The van der Waals surface area contributed by atoms with Crippen molar-refractivity contribution < 1.29 is 14.3 Å². The van der Waals surface area contributed by atoms with Gasteiger partial charge < -0.3 is 15.0 Å². The Hall–Kier alpha value is -3.88. The lowest BCUT2D eigenvalue weighted by Crippen LogP contribution is -2.38. The Morgan fingerprint density at radius 2 is 1.89 bits per heavy atom. The number of amides is 1. The number of rotatable bonds is 8. The molecule has 2 aromatic carbocycles. The van der Waals surface area contributed by atoms with Crippen molar-refractivity contribution in [3.63, 3.8) is 0 Å². The Kier molecular flexibility index (Phi) is 7.91. The van der Waals surface area contributed by atoms with Crippen LogP contribution < -0.4 is 5.32 Å². The lowest BCUT2D eigenvalue weighted by atomic mass is 9.94. The maximum absolute atomic E-state index is 13.5. The standard InChI is InChI=1S/C29H25ClN4O3S/c1-19-26(28(36)37-17-20-7-3-2-4-8-20)27(22-10-5-11-23(30)13-22)34-24(18-38-29(34)33-19)14-25(35)32-16-21-9-6-12-31-15-21/h2-13,15,18,27H,14,16-17H2,1H3,(H,32,35). The van der Waals surface area contributed by atoms with Gasteiger partial charge in [-0.05, 0) is 47.2 Å². The number of nitrogens with zero attached hydrogens (tertiary/aromatic N) is 3. The minimum absolute atomic E-state index is 0.120. The van der Waals surface area contributed by atoms with Gasteiger partial charge in [0.05, 0.1) is 23.7 Å². The fraction of sp³-hybridized carbons (Fsp3) is 0.172. The molecule has 0 aliphatic carbocycles. The zero-order valence-corrected chi connectivity index (χ0v) is 22.2. The number of pyridine rings is 1. The van der Waals surface area contributed by atoms with Crippen molar-refractivity contribution in [1.82, 2.24) is 15.2 Å². The molecule has 3 heterocycles. The van der Waals surface area contributed by atoms with E-state index in [1.807, 2.05) is 71.0 Å². The second-order valence-electron chi connectivity index (χ2n) is 8.82. The SMILES string of the molecule is CC1=C(C(=O)OCc2ccccc2)C(c2cccc(Cl)c2)N2C(CC(=O)NCc3cccnc3)=CSC2=N1. The van der Waals surface area contributed by atoms with Crippen LogP contribution in [-0.4, -0.2) is 26.9 Å². The molecule has 0 bridgehead atoms. The molecule has 0 radical (unpaired) electrons. The van der Waals surface area contributed by atoms with E-state index in [4.69, 9.17) is 21.3 Å². The van der Waals surface area contributed by atoms with Crippen molar-refractivity contribution in [1.29, 1.82) is 0 Å². The van der Waals surface area contributed by atoms with Crippen molar-refractivity contribution in [3.05, 3.63) is 123 Å². The number of amidine groups is 1. The topological polar surface area (TPSA) is 83.9 Å². The highest BCUT2D eigenvalue weighted by atomic mass is 35.5. The highest BCUT2D eigenvalue weighted by Gasteiger charge is 2.41. The van der Waals surface area contributed by atoms with Gasteiger partial charge in [-0.2, -0.15) is 0 Å². The normalized spacial score (nSPS) is 16.5. The number of carbonyl (C=O) groups excluding carboxylic acids is 2. The number of aliphatic imine (C=N–C) groups is 1. The molecule has 0 spiro atoms. The van der Waals surface area contributed by atoms with Crippen LogP contribution in [0.25, 0.3) is 0 Å². The lowest BCUT2D eigenvalue weighted by Gasteiger charge is -2.36. The van der Waals surface area contributed by atoms with Crippen LogP contribution in [0, 0.1) is 0 Å². The van der Waals surface area contributed by atoms with Gasteiger partial charge in [0.25, 0.3) is 0 Å². The van der Waals surface area contributed by atoms with Crippen LogP contribution in [-0.2, 0) is 27.5 Å². The number of halogens is 1. The van der Waals surface area contributed by atoms with Crippen molar-refractivity contribution in [3.8, 4) is 0 Å². The molecule has 1 unspecified atom stereocenters. The summed E-state index contributed by atoms with van der Waals surface area (Å²) < 4.78 is 5.74. The van der Waals surface area contributed by atoms with Crippen LogP contribution in [0.2, 0.25) is 5.02 Å². The fourth-order valence-electron chi connectivity index (χ4n) is 4.35. The lowest BCUT2D eigenvalue weighted by molar-refractivity contribution is -0.141. The number of fused-ring (bicyclic) bond motifs is 1. The van der Waals surface area contributed by atoms with Crippen molar-refractivity contribution in [2.45, 2.75) is 32.5 Å². The predicted molar refractivity (Wildman–Crippen MR) is 149 cm³/mol. The summed E-state index contributed by atoms with van der Waals surface area (Å²) in [5, 5.41) is 6.10. The van der Waals surface area contributed by atoms with Crippen LogP contribution in [0.1, 0.15) is 36.1 Å². The Morgan fingerprint density at radius 3 is 2.66 bits per heavy atom. The van der Waals surface area contributed by atoms with Gasteiger partial charge in [0, 0.05) is 29.7 Å². The van der Waals surface area contributed by atoms with Gasteiger partial charge in [0.2, 0.25) is 5.91 Å². The Balaban J connectivity index is 1.40. The summed E-state index contributed by atoms with van der Waals surface area (Å²) in [6, 6.07) is 20.1. The molecule has 1 N–H and O–H groups in total. The van der Waals surface area contributed by atoms with Crippen LogP contribution >= 0.6 is 23.4 Å². The molecule has 0 saturated heterocycles. The first-order valence-electron chi connectivity index (χ1n) is 12.1. The Labute approximate surface area is 230 Å². The number of benzene rings is 2. The molecule has 3 aromatic rings. The quantitative estimate of drug-likeness (QED) is 0.363. The Bertz CT molecular complexity index is 1440. The summed E-state index contributed by atoms with van der Waals surface area (Å²) in [4.78, 5) is 37.2. The van der Waals surface area contributed by atoms with E-state index >= 15 is 0 Å². The Morgan fingerprint density at radius 1 is 1.08 bits per heavy atom. The summed E-state index contributed by atoms with van der Waals surface area (Å²) in [5.41, 5.74) is 4.33. The first-order chi connectivity index (χ1) is 18.5. The third-order valence-corrected chi connectivity index (χ3v) is 7.28. The summed E-state index contributed by atoms with van der Waals surface area (Å²) in [6.45, 7) is 2.32. The van der Waals surface area contributed by atoms with E-state index in [1.165, 1.54) is 11.8 Å². The van der Waals surface area contributed by atoms with Crippen LogP contribution in [0.4, 0.5) is 0 Å². The van der Waals surface area contributed by atoms with Gasteiger partial charge in [0.1, 0.15) is 6.61 Å². The van der Waals surface area contributed by atoms with Crippen molar-refractivity contribution in [2.75, 3.05) is 0 Å². The number of ether oxygens (including phenoxy) is 1. The van der Waals surface area contributed by atoms with Crippen LogP contribution in [0.15, 0.2) is 106 Å². The highest BCUT2D eigenvalue weighted by molar-refractivity contribution is 8.16. The molecule has 5 rings (SSSR count). The number of thioether (sulfide) groups is 1. The molecular weight excluding hydrogens is 520 g/mol. The second kappa shape index (κ2) is 11.7. The summed E-state index contributed by atoms with van der Waals surface area (Å²) in [5.74, 6) is -0.609. The molecular formula is C29H25ClN4O3S. The molecule has 0 fully saturated rings. The molecule has 0 saturated carbocycles. The summed E-state index contributed by atoms with van der Waals surface area (Å²) in [6.07, 6.45) is 3.53. The monoisotopic (exact) mass is 544 g/mol. The van der Waals surface area contributed by atoms with Crippen LogP contribution in [0.5, 0.6) is 0 Å². The highest BCUT2D eigenvalue weighted by Crippen LogP contribution is 2.45. The number of carbonyl (C=O) groups is 2. The number of hydrogen-bond acceptors (Lipinski definition) is 7. The smallest absolute Gasteiger partial charge is 0.338 e. The van der Waals surface area contributed by atoms with Crippen molar-refractivity contribution in [2.24, 2.45) is 4.99 Å². The van der Waals surface area contributed by atoms with Gasteiger partial charge in [-0.3, -0.25) is 9.78 Å². The zero-order chi connectivity index (χ0) is 26.5. The molecule has 2 aliphatic rings. The van der Waals surface area contributed by atoms with E-state index < -0.39 is 12.0 Å². The van der Waals surface area contributed by atoms with Gasteiger partial charge in [-0.1, -0.05) is 71.9 Å². The van der Waals surface area contributed by atoms with E-state index in [-0.39, 0.29) is 18.9 Å². The average Bonchev–Trinajstić information content (AvgIpc) is 3.32. The van der Waals surface area contributed by atoms with E-state index in [0.29, 0.717) is 28.0 Å². The molecule has 1 amide bonds. The maximum Gasteiger partial charge on any atom is 0.338 e. The van der Waals surface area contributed by atoms with Gasteiger partial charge >= 0.3 is 5.97 Å². The minimum atomic E-state index is -0.545. The first kappa shape index (κ1) is 25.8. The first-order valence-corrected chi connectivity index (χ1v) is 13.3. The molecule has 38 heavy (non-hydrogen) atoms. The van der Waals surface area contributed by atoms with E-state index in [9.17, 15) is 9.59 Å². The molecule has 7 nitrogen and oxygen atoms in total. The van der Waals surface area contributed by atoms with E-state index in [1.54, 1.807) is 25.4 Å². The third kappa shape index (κ3) is 5.82. The summed E-state index contributed by atoms with van der Waals surface area (Å²) >= 11 is 7.79. The fourth-order valence-corrected chi connectivity index (χ4v) is 5.52. The number of hydrogen-bond donors (Lipinski definition) is 1. The molecule has 192 valence electrons. The second-order valence-corrected chi connectivity index (χ2v) is 10.1. The number of allylic oxidation sites excluding steroid dienone is 1. The average molecular weight is 545 g/mol. The predicted octanol–water partition coefficient (Wildman–Crippen LogP) is 5.76. The largest absolute Gasteiger partial charge is 0.457 e. The van der Waals surface area contributed by atoms with Gasteiger partial charge in [0.15, 0.2) is 5.17 Å². The van der Waals surface area contributed by atoms with E-state index in [0.717, 1.165) is 22.4 Å².